The zero-order valence-corrected chi connectivity index (χ0v) is 14.8. The lowest BCUT2D eigenvalue weighted by Gasteiger charge is -2.16. The summed E-state index contributed by atoms with van der Waals surface area (Å²) in [5, 5.41) is 11.4. The highest BCUT2D eigenvalue weighted by Crippen LogP contribution is 2.30. The molecular formula is C17H19N3O5S. The van der Waals surface area contributed by atoms with Gasteiger partial charge in [0.1, 0.15) is 5.69 Å². The third-order valence-electron chi connectivity index (χ3n) is 4.13. The van der Waals surface area contributed by atoms with Crippen LogP contribution in [0.3, 0.4) is 0 Å². The molecule has 0 bridgehead atoms. The summed E-state index contributed by atoms with van der Waals surface area (Å²) in [6.07, 6.45) is 1.60. The van der Waals surface area contributed by atoms with Gasteiger partial charge in [0.15, 0.2) is 0 Å². The fourth-order valence-electron chi connectivity index (χ4n) is 2.76. The topological polar surface area (TPSA) is 102 Å². The van der Waals surface area contributed by atoms with Crippen molar-refractivity contribution in [2.45, 2.75) is 24.3 Å². The summed E-state index contributed by atoms with van der Waals surface area (Å²) in [5.74, 6) is 0. The Labute approximate surface area is 151 Å². The van der Waals surface area contributed by atoms with E-state index in [9.17, 15) is 18.5 Å². The van der Waals surface area contributed by atoms with Crippen LogP contribution in [0.1, 0.15) is 18.4 Å². The van der Waals surface area contributed by atoms with Gasteiger partial charge in [-0.3, -0.25) is 20.4 Å². The number of nitrogens with one attached hydrogen (secondary N) is 1. The molecule has 1 heterocycles. The van der Waals surface area contributed by atoms with Gasteiger partial charge in [-0.1, -0.05) is 30.3 Å². The summed E-state index contributed by atoms with van der Waals surface area (Å²) in [6.45, 7) is 1.10. The van der Waals surface area contributed by atoms with Crippen LogP contribution in [0.4, 0.5) is 11.4 Å². The van der Waals surface area contributed by atoms with E-state index in [1.165, 1.54) is 16.4 Å². The molecule has 3 rings (SSSR count). The first-order valence-electron chi connectivity index (χ1n) is 8.19. The number of hydrogen-bond acceptors (Lipinski definition) is 6. The molecule has 0 radical (unpaired) electrons. The van der Waals surface area contributed by atoms with E-state index < -0.39 is 14.9 Å². The number of benzene rings is 2. The van der Waals surface area contributed by atoms with Crippen molar-refractivity contribution in [2.75, 3.05) is 18.6 Å². The van der Waals surface area contributed by atoms with Crippen molar-refractivity contribution in [3.63, 3.8) is 0 Å². The normalized spacial score (nSPS) is 15.1. The molecule has 1 aliphatic heterocycles. The first-order valence-corrected chi connectivity index (χ1v) is 9.63. The second-order valence-corrected chi connectivity index (χ2v) is 7.86. The van der Waals surface area contributed by atoms with E-state index in [2.05, 4.69) is 5.48 Å². The van der Waals surface area contributed by atoms with Gasteiger partial charge in [0.05, 0.1) is 16.4 Å². The maximum Gasteiger partial charge on any atom is 0.295 e. The van der Waals surface area contributed by atoms with Gasteiger partial charge in [-0.15, -0.1) is 0 Å². The second-order valence-electron chi connectivity index (χ2n) is 5.92. The van der Waals surface area contributed by atoms with Crippen LogP contribution in [-0.4, -0.2) is 30.7 Å². The van der Waals surface area contributed by atoms with Gasteiger partial charge in [-0.05, 0) is 30.5 Å². The lowest BCUT2D eigenvalue weighted by atomic mass is 10.2. The van der Waals surface area contributed by atoms with Crippen molar-refractivity contribution in [2.24, 2.45) is 0 Å². The molecule has 8 nitrogen and oxygen atoms in total. The number of rotatable bonds is 7. The Morgan fingerprint density at radius 1 is 1.12 bits per heavy atom. The van der Waals surface area contributed by atoms with Crippen LogP contribution >= 0.6 is 0 Å². The van der Waals surface area contributed by atoms with E-state index in [1.807, 2.05) is 30.3 Å². The van der Waals surface area contributed by atoms with Crippen LogP contribution in [0, 0.1) is 10.1 Å². The fourth-order valence-corrected chi connectivity index (χ4v) is 4.30. The number of nitro groups is 1. The van der Waals surface area contributed by atoms with Crippen LogP contribution in [0.25, 0.3) is 0 Å². The van der Waals surface area contributed by atoms with Crippen molar-refractivity contribution >= 4 is 21.4 Å². The molecule has 0 atom stereocenters. The first kappa shape index (κ1) is 18.3. The summed E-state index contributed by atoms with van der Waals surface area (Å²) in [7, 11) is -3.71. The summed E-state index contributed by atoms with van der Waals surface area (Å²) in [4.78, 5) is 16.0. The molecule has 0 spiro atoms. The highest BCUT2D eigenvalue weighted by Gasteiger charge is 2.29. The van der Waals surface area contributed by atoms with Gasteiger partial charge < -0.3 is 0 Å². The van der Waals surface area contributed by atoms with Crippen molar-refractivity contribution in [1.29, 1.82) is 0 Å². The van der Waals surface area contributed by atoms with Crippen molar-refractivity contribution in [1.82, 2.24) is 4.31 Å². The highest BCUT2D eigenvalue weighted by atomic mass is 32.2. The third kappa shape index (κ3) is 4.01. The molecule has 0 aliphatic carbocycles. The van der Waals surface area contributed by atoms with Crippen molar-refractivity contribution in [3.05, 3.63) is 64.2 Å². The quantitative estimate of drug-likeness (QED) is 0.588. The minimum absolute atomic E-state index is 0.0836. The zero-order valence-electron chi connectivity index (χ0n) is 14.0. The standard InChI is InChI=1S/C17H19N3O5S/c21-20(22)17-12-15(26(23,24)19-10-4-5-11-19)8-9-16(17)18-25-13-14-6-2-1-3-7-14/h1-3,6-9,12,18H,4-5,10-11,13H2. The second kappa shape index (κ2) is 7.81. The van der Waals surface area contributed by atoms with Crippen LogP contribution in [-0.2, 0) is 21.5 Å². The molecule has 0 aromatic heterocycles. The summed E-state index contributed by atoms with van der Waals surface area (Å²) in [6, 6.07) is 13.1. The van der Waals surface area contributed by atoms with Gasteiger partial charge in [0, 0.05) is 19.2 Å². The van der Waals surface area contributed by atoms with Crippen LogP contribution in [0.15, 0.2) is 53.4 Å². The number of anilines is 1. The lowest BCUT2D eigenvalue weighted by Crippen LogP contribution is -2.27. The van der Waals surface area contributed by atoms with Gasteiger partial charge in [0.25, 0.3) is 5.69 Å². The molecule has 0 unspecified atom stereocenters. The minimum atomic E-state index is -3.71. The number of sulfonamides is 1. The SMILES string of the molecule is O=[N+]([O-])c1cc(S(=O)(=O)N2CCCC2)ccc1NOCc1ccccc1. The summed E-state index contributed by atoms with van der Waals surface area (Å²) >= 11 is 0. The van der Waals surface area contributed by atoms with Gasteiger partial charge in [-0.25, -0.2) is 8.42 Å². The molecule has 26 heavy (non-hydrogen) atoms. The lowest BCUT2D eigenvalue weighted by molar-refractivity contribution is -0.384. The van der Waals surface area contributed by atoms with Crippen molar-refractivity contribution < 1.29 is 18.2 Å². The molecule has 1 fully saturated rings. The number of hydrogen-bond donors (Lipinski definition) is 1. The molecule has 0 amide bonds. The van der Waals surface area contributed by atoms with Gasteiger partial charge in [0.2, 0.25) is 10.0 Å². The van der Waals surface area contributed by atoms with Crippen molar-refractivity contribution in [3.8, 4) is 0 Å². The molecule has 1 saturated heterocycles. The summed E-state index contributed by atoms with van der Waals surface area (Å²) in [5.41, 5.74) is 3.19. The summed E-state index contributed by atoms with van der Waals surface area (Å²) < 4.78 is 26.5. The van der Waals surface area contributed by atoms with E-state index >= 15 is 0 Å². The zero-order chi connectivity index (χ0) is 18.6. The Morgan fingerprint density at radius 2 is 1.81 bits per heavy atom. The largest absolute Gasteiger partial charge is 0.295 e. The van der Waals surface area contributed by atoms with Crippen LogP contribution in [0.5, 0.6) is 0 Å². The highest BCUT2D eigenvalue weighted by molar-refractivity contribution is 7.89. The maximum atomic E-state index is 12.6. The Kier molecular flexibility index (Phi) is 5.50. The average Bonchev–Trinajstić information content (AvgIpc) is 3.18. The molecule has 1 aliphatic rings. The minimum Gasteiger partial charge on any atom is -0.271 e. The average molecular weight is 377 g/mol. The smallest absolute Gasteiger partial charge is 0.271 e. The number of nitrogens with zero attached hydrogens (tertiary/aromatic N) is 2. The van der Waals surface area contributed by atoms with E-state index in [4.69, 9.17) is 4.84 Å². The molecule has 9 heteroatoms. The number of nitro benzene ring substituents is 1. The van der Waals surface area contributed by atoms with Gasteiger partial charge in [-0.2, -0.15) is 4.31 Å². The Hall–Kier alpha value is -2.49. The Morgan fingerprint density at radius 3 is 2.46 bits per heavy atom. The molecule has 2 aromatic carbocycles. The van der Waals surface area contributed by atoms with E-state index in [-0.39, 0.29) is 22.9 Å². The van der Waals surface area contributed by atoms with E-state index in [1.54, 1.807) is 0 Å². The first-order chi connectivity index (χ1) is 12.5. The third-order valence-corrected chi connectivity index (χ3v) is 6.03. The Bertz CT molecular complexity index is 881. The molecule has 138 valence electrons. The van der Waals surface area contributed by atoms with E-state index in [0.717, 1.165) is 24.5 Å². The molecule has 2 aromatic rings. The molecular weight excluding hydrogens is 358 g/mol. The Balaban J connectivity index is 1.77. The van der Waals surface area contributed by atoms with Crippen LogP contribution in [0.2, 0.25) is 0 Å². The monoisotopic (exact) mass is 377 g/mol. The maximum absolute atomic E-state index is 12.6. The predicted molar refractivity (Wildman–Crippen MR) is 95.9 cm³/mol. The van der Waals surface area contributed by atoms with Gasteiger partial charge >= 0.3 is 0 Å². The van der Waals surface area contributed by atoms with E-state index in [0.29, 0.717) is 13.1 Å². The predicted octanol–water partition coefficient (Wildman–Crippen LogP) is 2.92. The molecule has 1 N–H and O–H groups in total. The molecule has 0 saturated carbocycles. The fraction of sp³-hybridized carbons (Fsp3) is 0.294. The van der Waals surface area contributed by atoms with Crippen LogP contribution < -0.4 is 5.48 Å².